The van der Waals surface area contributed by atoms with Crippen molar-refractivity contribution in [3.63, 3.8) is 0 Å². The Morgan fingerprint density at radius 1 is 0.818 bits per heavy atom. The Balaban J connectivity index is 1.46. The SMILES string of the molecule is COc1ccc(-n2nc(N3CCN(C(=O)c4ccc(OC)c(OC)c4)CC3)ccc2=O)cc1. The number of methoxy groups -OCH3 is 3. The van der Waals surface area contributed by atoms with Crippen molar-refractivity contribution in [1.29, 1.82) is 0 Å². The maximum Gasteiger partial charge on any atom is 0.271 e. The van der Waals surface area contributed by atoms with Gasteiger partial charge in [-0.05, 0) is 48.5 Å². The van der Waals surface area contributed by atoms with E-state index in [0.29, 0.717) is 60.5 Å². The van der Waals surface area contributed by atoms with Gasteiger partial charge in [0.1, 0.15) is 11.6 Å². The quantitative estimate of drug-likeness (QED) is 0.569. The first-order valence-corrected chi connectivity index (χ1v) is 10.5. The molecule has 1 amide bonds. The molecule has 0 aliphatic carbocycles. The van der Waals surface area contributed by atoms with Crippen molar-refractivity contribution in [3.05, 3.63) is 70.5 Å². The fourth-order valence-electron chi connectivity index (χ4n) is 3.77. The van der Waals surface area contributed by atoms with E-state index in [1.54, 1.807) is 74.8 Å². The third-order valence-electron chi connectivity index (χ3n) is 5.62. The second-order valence-electron chi connectivity index (χ2n) is 7.49. The van der Waals surface area contributed by atoms with E-state index < -0.39 is 0 Å². The minimum absolute atomic E-state index is 0.0632. The molecule has 2 heterocycles. The van der Waals surface area contributed by atoms with E-state index in [9.17, 15) is 9.59 Å². The van der Waals surface area contributed by atoms with Gasteiger partial charge in [-0.15, -0.1) is 5.10 Å². The van der Waals surface area contributed by atoms with Gasteiger partial charge in [0.05, 0.1) is 27.0 Å². The maximum absolute atomic E-state index is 13.0. The predicted octanol–water partition coefficient (Wildman–Crippen LogP) is 2.22. The number of piperazine rings is 1. The zero-order valence-corrected chi connectivity index (χ0v) is 18.9. The number of anilines is 1. The van der Waals surface area contributed by atoms with Crippen molar-refractivity contribution in [2.75, 3.05) is 52.4 Å². The van der Waals surface area contributed by atoms with Crippen molar-refractivity contribution in [1.82, 2.24) is 14.7 Å². The molecule has 0 radical (unpaired) electrons. The molecule has 1 aromatic heterocycles. The average Bonchev–Trinajstić information content (AvgIpc) is 2.88. The average molecular weight is 450 g/mol. The number of rotatable bonds is 6. The number of hydrogen-bond donors (Lipinski definition) is 0. The van der Waals surface area contributed by atoms with Gasteiger partial charge in [-0.2, -0.15) is 4.68 Å². The lowest BCUT2D eigenvalue weighted by Crippen LogP contribution is -2.49. The highest BCUT2D eigenvalue weighted by atomic mass is 16.5. The Labute approximate surface area is 191 Å². The highest BCUT2D eigenvalue weighted by Crippen LogP contribution is 2.28. The van der Waals surface area contributed by atoms with Gasteiger partial charge < -0.3 is 24.0 Å². The van der Waals surface area contributed by atoms with Gasteiger partial charge in [-0.25, -0.2) is 0 Å². The zero-order chi connectivity index (χ0) is 23.4. The first kappa shape index (κ1) is 22.2. The second kappa shape index (κ2) is 9.64. The summed E-state index contributed by atoms with van der Waals surface area (Å²) in [6, 6.07) is 15.5. The van der Waals surface area contributed by atoms with Gasteiger partial charge in [-0.3, -0.25) is 9.59 Å². The molecule has 0 unspecified atom stereocenters. The van der Waals surface area contributed by atoms with Gasteiger partial charge in [0.2, 0.25) is 0 Å². The van der Waals surface area contributed by atoms with Gasteiger partial charge in [-0.1, -0.05) is 0 Å². The molecule has 4 rings (SSSR count). The number of carbonyl (C=O) groups is 1. The summed E-state index contributed by atoms with van der Waals surface area (Å²) in [5, 5.41) is 4.55. The maximum atomic E-state index is 13.0. The molecule has 3 aromatic rings. The summed E-state index contributed by atoms with van der Waals surface area (Å²) in [6.07, 6.45) is 0. The van der Waals surface area contributed by atoms with E-state index >= 15 is 0 Å². The summed E-state index contributed by atoms with van der Waals surface area (Å²) < 4.78 is 17.1. The molecule has 2 aromatic carbocycles. The van der Waals surface area contributed by atoms with Crippen LogP contribution in [-0.4, -0.2) is 68.1 Å². The van der Waals surface area contributed by atoms with Crippen molar-refractivity contribution in [2.24, 2.45) is 0 Å². The minimum Gasteiger partial charge on any atom is -0.497 e. The lowest BCUT2D eigenvalue weighted by atomic mass is 10.1. The van der Waals surface area contributed by atoms with Crippen LogP contribution in [0.15, 0.2) is 59.4 Å². The third kappa shape index (κ3) is 4.62. The summed E-state index contributed by atoms with van der Waals surface area (Å²) in [6.45, 7) is 2.28. The fraction of sp³-hybridized carbons (Fsp3) is 0.292. The molecule has 0 spiro atoms. The minimum atomic E-state index is -0.216. The number of aromatic nitrogens is 2. The van der Waals surface area contributed by atoms with Gasteiger partial charge in [0, 0.05) is 37.8 Å². The molecule has 9 nitrogen and oxygen atoms in total. The van der Waals surface area contributed by atoms with Crippen molar-refractivity contribution in [3.8, 4) is 22.9 Å². The van der Waals surface area contributed by atoms with Gasteiger partial charge >= 0.3 is 0 Å². The number of carbonyl (C=O) groups excluding carboxylic acids is 1. The number of nitrogens with zero attached hydrogens (tertiary/aromatic N) is 4. The van der Waals surface area contributed by atoms with Gasteiger partial charge in [0.25, 0.3) is 11.5 Å². The molecule has 1 aliphatic heterocycles. The lowest BCUT2D eigenvalue weighted by Gasteiger charge is -2.35. The third-order valence-corrected chi connectivity index (χ3v) is 5.62. The van der Waals surface area contributed by atoms with E-state index in [1.807, 2.05) is 0 Å². The molecule has 0 bridgehead atoms. The lowest BCUT2D eigenvalue weighted by molar-refractivity contribution is 0.0746. The normalized spacial score (nSPS) is 13.5. The molecule has 1 fully saturated rings. The summed E-state index contributed by atoms with van der Waals surface area (Å²) in [4.78, 5) is 29.2. The molecule has 172 valence electrons. The van der Waals surface area contributed by atoms with Crippen LogP contribution >= 0.6 is 0 Å². The number of amides is 1. The predicted molar refractivity (Wildman–Crippen MR) is 124 cm³/mol. The van der Waals surface area contributed by atoms with Crippen LogP contribution in [0.25, 0.3) is 5.69 Å². The Bertz CT molecular complexity index is 1180. The second-order valence-corrected chi connectivity index (χ2v) is 7.49. The van der Waals surface area contributed by atoms with E-state index in [-0.39, 0.29) is 11.5 Å². The topological polar surface area (TPSA) is 86.1 Å². The largest absolute Gasteiger partial charge is 0.497 e. The molecular formula is C24H26N4O5. The zero-order valence-electron chi connectivity index (χ0n) is 18.9. The summed E-state index contributed by atoms with van der Waals surface area (Å²) in [5.74, 6) is 2.43. The summed E-state index contributed by atoms with van der Waals surface area (Å²) >= 11 is 0. The highest BCUT2D eigenvalue weighted by molar-refractivity contribution is 5.95. The van der Waals surface area contributed by atoms with Crippen LogP contribution in [0, 0.1) is 0 Å². The Morgan fingerprint density at radius 3 is 2.15 bits per heavy atom. The molecule has 9 heteroatoms. The van der Waals surface area contributed by atoms with Crippen LogP contribution in [0.1, 0.15) is 10.4 Å². The standard InChI is InChI=1S/C24H26N4O5/c1-31-19-7-5-18(6-8-19)28-23(29)11-10-22(25-28)26-12-14-27(15-13-26)24(30)17-4-9-20(32-2)21(16-17)33-3/h4-11,16H,12-15H2,1-3H3. The van der Waals surface area contributed by atoms with E-state index in [1.165, 1.54) is 10.7 Å². The van der Waals surface area contributed by atoms with Crippen LogP contribution in [0.5, 0.6) is 17.2 Å². The van der Waals surface area contributed by atoms with E-state index in [4.69, 9.17) is 14.2 Å². The Hall–Kier alpha value is -4.01. The highest BCUT2D eigenvalue weighted by Gasteiger charge is 2.24. The van der Waals surface area contributed by atoms with Crippen LogP contribution in [0.2, 0.25) is 0 Å². The smallest absolute Gasteiger partial charge is 0.271 e. The Kier molecular flexibility index (Phi) is 6.48. The van der Waals surface area contributed by atoms with E-state index in [2.05, 4.69) is 10.00 Å². The molecular weight excluding hydrogens is 424 g/mol. The van der Waals surface area contributed by atoms with E-state index in [0.717, 1.165) is 0 Å². The van der Waals surface area contributed by atoms with Crippen LogP contribution in [0.3, 0.4) is 0 Å². The Morgan fingerprint density at radius 2 is 1.52 bits per heavy atom. The molecule has 0 saturated carbocycles. The van der Waals surface area contributed by atoms with Crippen LogP contribution in [0.4, 0.5) is 5.82 Å². The first-order valence-electron chi connectivity index (χ1n) is 10.5. The van der Waals surface area contributed by atoms with Gasteiger partial charge in [0.15, 0.2) is 11.5 Å². The molecule has 33 heavy (non-hydrogen) atoms. The van der Waals surface area contributed by atoms with Crippen molar-refractivity contribution in [2.45, 2.75) is 0 Å². The summed E-state index contributed by atoms with van der Waals surface area (Å²) in [5.41, 5.74) is 0.989. The summed E-state index contributed by atoms with van der Waals surface area (Å²) in [7, 11) is 4.70. The monoisotopic (exact) mass is 450 g/mol. The van der Waals surface area contributed by atoms with Crippen LogP contribution < -0.4 is 24.7 Å². The molecule has 0 atom stereocenters. The van der Waals surface area contributed by atoms with Crippen LogP contribution in [-0.2, 0) is 0 Å². The molecule has 1 saturated heterocycles. The first-order chi connectivity index (χ1) is 16.0. The number of ether oxygens (including phenoxy) is 3. The number of hydrogen-bond acceptors (Lipinski definition) is 7. The number of benzene rings is 2. The van der Waals surface area contributed by atoms with Crippen molar-refractivity contribution >= 4 is 11.7 Å². The molecule has 0 N–H and O–H groups in total. The van der Waals surface area contributed by atoms with Crippen molar-refractivity contribution < 1.29 is 19.0 Å². The molecule has 1 aliphatic rings. The fourth-order valence-corrected chi connectivity index (χ4v) is 3.77.